The molecule has 0 aliphatic rings. The Bertz CT molecular complexity index is 256. The second kappa shape index (κ2) is 5.19. The number of ether oxygens (including phenoxy) is 1. The fraction of sp³-hybridized carbons (Fsp3) is 0.300. The van der Waals surface area contributed by atoms with Gasteiger partial charge in [0.25, 0.3) is 0 Å². The van der Waals surface area contributed by atoms with Crippen LogP contribution in [-0.4, -0.2) is 20.1 Å². The van der Waals surface area contributed by atoms with Gasteiger partial charge in [0.2, 0.25) is 0 Å². The van der Waals surface area contributed by atoms with Crippen molar-refractivity contribution >= 4 is 6.41 Å². The Labute approximate surface area is 77.7 Å². The monoisotopic (exact) mass is 178 g/mol. The van der Waals surface area contributed by atoms with Crippen LogP contribution in [0.5, 0.6) is 5.75 Å². The lowest BCUT2D eigenvalue weighted by molar-refractivity contribution is 0.414. The molecule has 0 fully saturated rings. The maximum atomic E-state index is 9.84. The van der Waals surface area contributed by atoms with Crippen molar-refractivity contribution in [3.8, 4) is 5.75 Å². The zero-order chi connectivity index (χ0) is 9.52. The van der Waals surface area contributed by atoms with Gasteiger partial charge in [0.05, 0.1) is 7.11 Å². The van der Waals surface area contributed by atoms with Gasteiger partial charge in [-0.25, -0.2) is 0 Å². The number of rotatable bonds is 5. The van der Waals surface area contributed by atoms with E-state index in [0.29, 0.717) is 6.54 Å². The number of nitrogens with one attached hydrogen (secondary N) is 1. The first-order valence-electron chi connectivity index (χ1n) is 4.09. The molecule has 0 aliphatic heterocycles. The third-order valence-electron chi connectivity index (χ3n) is 1.77. The van der Waals surface area contributed by atoms with E-state index in [0.717, 1.165) is 12.2 Å². The molecule has 1 amide bonds. The van der Waals surface area contributed by atoms with E-state index in [2.05, 4.69) is 5.32 Å². The molecule has 3 heteroatoms. The number of amides is 1. The molecule has 0 saturated carbocycles. The summed E-state index contributed by atoms with van der Waals surface area (Å²) in [5, 5.41) is 2.49. The van der Waals surface area contributed by atoms with E-state index in [1.807, 2.05) is 24.3 Å². The number of hydrogen-bond acceptors (Lipinski definition) is 2. The Morgan fingerprint density at radius 1 is 1.38 bits per heavy atom. The van der Waals surface area contributed by atoms with E-state index >= 15 is 0 Å². The standard InChI is InChI=1S/C10H12NO2/c1-13-10-4-2-9(3-5-10)6-7-11-8-12/h2-5H,6-7H2,1H3,(H,11,12). The van der Waals surface area contributed by atoms with Crippen LogP contribution < -0.4 is 10.1 Å². The zero-order valence-electron chi connectivity index (χ0n) is 7.54. The quantitative estimate of drug-likeness (QED) is 0.537. The first-order chi connectivity index (χ1) is 6.36. The fourth-order valence-corrected chi connectivity index (χ4v) is 1.05. The van der Waals surface area contributed by atoms with Crippen LogP contribution in [0.15, 0.2) is 24.3 Å². The highest BCUT2D eigenvalue weighted by Crippen LogP contribution is 2.11. The Kier molecular flexibility index (Phi) is 3.82. The van der Waals surface area contributed by atoms with E-state index in [1.54, 1.807) is 13.5 Å². The highest BCUT2D eigenvalue weighted by atomic mass is 16.5. The largest absolute Gasteiger partial charge is 0.497 e. The van der Waals surface area contributed by atoms with Crippen LogP contribution in [-0.2, 0) is 11.2 Å². The first kappa shape index (κ1) is 9.58. The topological polar surface area (TPSA) is 38.3 Å². The average molecular weight is 178 g/mol. The summed E-state index contributed by atoms with van der Waals surface area (Å²) < 4.78 is 5.02. The van der Waals surface area contributed by atoms with Crippen molar-refractivity contribution < 1.29 is 9.53 Å². The molecule has 3 nitrogen and oxygen atoms in total. The van der Waals surface area contributed by atoms with Gasteiger partial charge in [-0.15, -0.1) is 0 Å². The Morgan fingerprint density at radius 3 is 2.62 bits per heavy atom. The van der Waals surface area contributed by atoms with Crippen LogP contribution in [0.25, 0.3) is 0 Å². The van der Waals surface area contributed by atoms with E-state index in [9.17, 15) is 4.79 Å². The number of carbonyl (C=O) groups excluding carboxylic acids is 1. The van der Waals surface area contributed by atoms with Crippen molar-refractivity contribution in [1.82, 2.24) is 5.32 Å². The minimum Gasteiger partial charge on any atom is -0.497 e. The molecule has 13 heavy (non-hydrogen) atoms. The van der Waals surface area contributed by atoms with Crippen molar-refractivity contribution in [2.75, 3.05) is 13.7 Å². The lowest BCUT2D eigenvalue weighted by atomic mass is 10.1. The first-order valence-corrected chi connectivity index (χ1v) is 4.09. The lowest BCUT2D eigenvalue weighted by Crippen LogP contribution is -2.14. The van der Waals surface area contributed by atoms with E-state index in [4.69, 9.17) is 4.74 Å². The summed E-state index contributed by atoms with van der Waals surface area (Å²) in [7, 11) is 1.64. The summed E-state index contributed by atoms with van der Waals surface area (Å²) in [4.78, 5) is 9.84. The van der Waals surface area contributed by atoms with Gasteiger partial charge < -0.3 is 10.1 Å². The van der Waals surface area contributed by atoms with Crippen LogP contribution in [0, 0.1) is 0 Å². The predicted molar refractivity (Wildman–Crippen MR) is 50.4 cm³/mol. The molecule has 0 heterocycles. The Morgan fingerprint density at radius 2 is 2.08 bits per heavy atom. The number of benzene rings is 1. The third kappa shape index (κ3) is 3.15. The summed E-state index contributed by atoms with van der Waals surface area (Å²) in [5.74, 6) is 0.846. The van der Waals surface area contributed by atoms with Crippen molar-refractivity contribution in [1.29, 1.82) is 0 Å². The third-order valence-corrected chi connectivity index (χ3v) is 1.77. The molecule has 1 rings (SSSR count). The molecule has 0 aliphatic carbocycles. The van der Waals surface area contributed by atoms with Gasteiger partial charge in [0.15, 0.2) is 0 Å². The molecule has 0 spiro atoms. The second-order valence-corrected chi connectivity index (χ2v) is 2.63. The maximum absolute atomic E-state index is 9.84. The summed E-state index contributed by atoms with van der Waals surface area (Å²) in [5.41, 5.74) is 1.17. The molecule has 1 N–H and O–H groups in total. The SMILES string of the molecule is COc1ccc(CCN[C]=O)cc1. The molecule has 0 unspecified atom stereocenters. The summed E-state index contributed by atoms with van der Waals surface area (Å²) >= 11 is 0. The van der Waals surface area contributed by atoms with Crippen LogP contribution in [0.1, 0.15) is 5.56 Å². The molecule has 69 valence electrons. The van der Waals surface area contributed by atoms with Gasteiger partial charge in [0, 0.05) is 6.54 Å². The minimum absolute atomic E-state index is 0.621. The Balaban J connectivity index is 2.44. The average Bonchev–Trinajstić information content (AvgIpc) is 2.19. The summed E-state index contributed by atoms with van der Waals surface area (Å²) in [6, 6.07) is 7.76. The second-order valence-electron chi connectivity index (χ2n) is 2.63. The van der Waals surface area contributed by atoms with Crippen LogP contribution in [0.3, 0.4) is 0 Å². The molecular formula is C10H12NO2. The smallest absolute Gasteiger partial charge is 0.309 e. The van der Waals surface area contributed by atoms with Crippen LogP contribution in [0.2, 0.25) is 0 Å². The zero-order valence-corrected chi connectivity index (χ0v) is 7.54. The molecular weight excluding hydrogens is 166 g/mol. The molecule has 1 radical (unpaired) electrons. The molecule has 1 aromatic carbocycles. The highest BCUT2D eigenvalue weighted by Gasteiger charge is 1.93. The predicted octanol–water partition coefficient (Wildman–Crippen LogP) is 0.895. The van der Waals surface area contributed by atoms with Gasteiger partial charge in [-0.1, -0.05) is 12.1 Å². The Hall–Kier alpha value is -1.51. The van der Waals surface area contributed by atoms with Gasteiger partial charge >= 0.3 is 6.41 Å². The number of hydrogen-bond donors (Lipinski definition) is 1. The lowest BCUT2D eigenvalue weighted by Gasteiger charge is -2.02. The van der Waals surface area contributed by atoms with E-state index < -0.39 is 0 Å². The highest BCUT2D eigenvalue weighted by molar-refractivity contribution is 5.47. The van der Waals surface area contributed by atoms with Crippen molar-refractivity contribution in [2.45, 2.75) is 6.42 Å². The van der Waals surface area contributed by atoms with Gasteiger partial charge in [0.1, 0.15) is 5.75 Å². The van der Waals surface area contributed by atoms with Crippen molar-refractivity contribution in [2.24, 2.45) is 0 Å². The normalized spacial score (nSPS) is 9.31. The van der Waals surface area contributed by atoms with Gasteiger partial charge in [-0.2, -0.15) is 0 Å². The van der Waals surface area contributed by atoms with Gasteiger partial charge in [-0.05, 0) is 24.1 Å². The summed E-state index contributed by atoms with van der Waals surface area (Å²) in [6.07, 6.45) is 2.45. The van der Waals surface area contributed by atoms with E-state index in [1.165, 1.54) is 5.56 Å². The molecule has 0 bridgehead atoms. The van der Waals surface area contributed by atoms with Crippen molar-refractivity contribution in [3.63, 3.8) is 0 Å². The maximum Gasteiger partial charge on any atom is 0.309 e. The van der Waals surface area contributed by atoms with Crippen LogP contribution >= 0.6 is 0 Å². The number of methoxy groups -OCH3 is 1. The molecule has 0 atom stereocenters. The van der Waals surface area contributed by atoms with Gasteiger partial charge in [-0.3, -0.25) is 4.79 Å². The summed E-state index contributed by atoms with van der Waals surface area (Å²) in [6.45, 7) is 0.621. The molecule has 0 saturated heterocycles. The molecule has 0 aromatic heterocycles. The fourth-order valence-electron chi connectivity index (χ4n) is 1.05. The van der Waals surface area contributed by atoms with E-state index in [-0.39, 0.29) is 0 Å². The van der Waals surface area contributed by atoms with Crippen molar-refractivity contribution in [3.05, 3.63) is 29.8 Å². The minimum atomic E-state index is 0.621. The molecule has 1 aromatic rings. The van der Waals surface area contributed by atoms with Crippen LogP contribution in [0.4, 0.5) is 0 Å².